The number of fused-ring (bicyclic) bond motifs is 1. The SMILES string of the molecule is C=C(C)/C(Cn1cc(NC(=O)c2cc3c(cc2Br)OCCO3)cn1)=C(/C)OC. The molecule has 1 N–H and O–H groups in total. The second-order valence-corrected chi connectivity index (χ2v) is 7.23. The van der Waals surface area contributed by atoms with Crippen LogP contribution in [-0.2, 0) is 11.3 Å². The van der Waals surface area contributed by atoms with Gasteiger partial charge in [0.05, 0.1) is 36.9 Å². The lowest BCUT2D eigenvalue weighted by atomic mass is 10.1. The van der Waals surface area contributed by atoms with Gasteiger partial charge in [-0.2, -0.15) is 5.10 Å². The zero-order valence-electron chi connectivity index (χ0n) is 16.0. The van der Waals surface area contributed by atoms with Crippen LogP contribution in [0.15, 0.2) is 52.5 Å². The molecule has 0 saturated carbocycles. The molecule has 0 unspecified atom stereocenters. The number of aromatic nitrogens is 2. The van der Waals surface area contributed by atoms with E-state index in [-0.39, 0.29) is 5.91 Å². The number of methoxy groups -OCH3 is 1. The highest BCUT2D eigenvalue weighted by molar-refractivity contribution is 9.10. The Balaban J connectivity index is 1.75. The zero-order chi connectivity index (χ0) is 20.3. The predicted octanol–water partition coefficient (Wildman–Crippen LogP) is 4.17. The van der Waals surface area contributed by atoms with E-state index < -0.39 is 0 Å². The molecule has 0 aliphatic carbocycles. The maximum Gasteiger partial charge on any atom is 0.257 e. The molecular formula is C20H22BrN3O4. The molecule has 1 amide bonds. The van der Waals surface area contributed by atoms with Crippen molar-refractivity contribution in [3.05, 3.63) is 58.0 Å². The highest BCUT2D eigenvalue weighted by Gasteiger charge is 2.19. The summed E-state index contributed by atoms with van der Waals surface area (Å²) in [5.74, 6) is 1.69. The molecule has 1 aromatic carbocycles. The number of ether oxygens (including phenoxy) is 3. The number of benzene rings is 1. The van der Waals surface area contributed by atoms with Gasteiger partial charge in [-0.05, 0) is 47.5 Å². The summed E-state index contributed by atoms with van der Waals surface area (Å²) in [5, 5.41) is 7.16. The standard InChI is InChI=1S/C20H22BrN3O4/c1-12(2)16(13(3)26-4)11-24-10-14(9-22-24)23-20(25)15-7-18-19(8-17(15)21)28-6-5-27-18/h7-10H,1,5-6,11H2,2-4H3,(H,23,25)/b16-13-. The van der Waals surface area contributed by atoms with E-state index in [1.165, 1.54) is 0 Å². The van der Waals surface area contributed by atoms with E-state index in [1.807, 2.05) is 13.8 Å². The molecule has 0 fully saturated rings. The van der Waals surface area contributed by atoms with Crippen LogP contribution in [0.5, 0.6) is 11.5 Å². The number of nitrogens with one attached hydrogen (secondary N) is 1. The first kappa shape index (κ1) is 20.0. The number of allylic oxidation sites excluding steroid dienone is 3. The molecule has 0 atom stereocenters. The molecule has 0 spiro atoms. The van der Waals surface area contributed by atoms with Crippen LogP contribution in [0.2, 0.25) is 0 Å². The lowest BCUT2D eigenvalue weighted by Gasteiger charge is -2.19. The lowest BCUT2D eigenvalue weighted by Crippen LogP contribution is -2.17. The van der Waals surface area contributed by atoms with Crippen LogP contribution in [0.4, 0.5) is 5.69 Å². The van der Waals surface area contributed by atoms with Gasteiger partial charge in [0.1, 0.15) is 13.2 Å². The van der Waals surface area contributed by atoms with Gasteiger partial charge < -0.3 is 19.5 Å². The minimum Gasteiger partial charge on any atom is -0.501 e. The third kappa shape index (κ3) is 4.39. The van der Waals surface area contributed by atoms with Crippen molar-refractivity contribution < 1.29 is 19.0 Å². The van der Waals surface area contributed by atoms with Crippen LogP contribution < -0.4 is 14.8 Å². The third-order valence-electron chi connectivity index (χ3n) is 4.33. The smallest absolute Gasteiger partial charge is 0.257 e. The molecule has 1 aliphatic heterocycles. The minimum absolute atomic E-state index is 0.271. The predicted molar refractivity (Wildman–Crippen MR) is 110 cm³/mol. The molecule has 1 aromatic heterocycles. The van der Waals surface area contributed by atoms with E-state index in [1.54, 1.807) is 36.3 Å². The monoisotopic (exact) mass is 447 g/mol. The van der Waals surface area contributed by atoms with Crippen LogP contribution in [0.25, 0.3) is 0 Å². The fourth-order valence-electron chi connectivity index (χ4n) is 2.78. The molecular weight excluding hydrogens is 426 g/mol. The van der Waals surface area contributed by atoms with Gasteiger partial charge >= 0.3 is 0 Å². The van der Waals surface area contributed by atoms with E-state index in [9.17, 15) is 4.79 Å². The molecule has 0 bridgehead atoms. The molecule has 2 heterocycles. The number of hydrogen-bond acceptors (Lipinski definition) is 5. The number of hydrogen-bond donors (Lipinski definition) is 1. The van der Waals surface area contributed by atoms with Crippen LogP contribution in [-0.4, -0.2) is 36.0 Å². The Bertz CT molecular complexity index is 949. The Hall–Kier alpha value is -2.74. The molecule has 148 valence electrons. The number of nitrogens with zero attached hydrogens (tertiary/aromatic N) is 2. The highest BCUT2D eigenvalue weighted by atomic mass is 79.9. The first-order valence-electron chi connectivity index (χ1n) is 8.71. The van der Waals surface area contributed by atoms with Gasteiger partial charge in [0, 0.05) is 16.2 Å². The number of carbonyl (C=O) groups excluding carboxylic acids is 1. The Morgan fingerprint density at radius 2 is 2.00 bits per heavy atom. The first-order valence-corrected chi connectivity index (χ1v) is 9.51. The van der Waals surface area contributed by atoms with Crippen LogP contribution in [0, 0.1) is 0 Å². The van der Waals surface area contributed by atoms with Gasteiger partial charge in [-0.3, -0.25) is 9.48 Å². The minimum atomic E-state index is -0.271. The van der Waals surface area contributed by atoms with Crippen molar-refractivity contribution >= 4 is 27.5 Å². The number of halogens is 1. The third-order valence-corrected chi connectivity index (χ3v) is 4.99. The van der Waals surface area contributed by atoms with Crippen LogP contribution >= 0.6 is 15.9 Å². The van der Waals surface area contributed by atoms with Crippen molar-refractivity contribution in [1.82, 2.24) is 9.78 Å². The van der Waals surface area contributed by atoms with Crippen LogP contribution in [0.1, 0.15) is 24.2 Å². The average molecular weight is 448 g/mol. The van der Waals surface area contributed by atoms with E-state index >= 15 is 0 Å². The van der Waals surface area contributed by atoms with Gasteiger partial charge in [0.2, 0.25) is 0 Å². The fourth-order valence-corrected chi connectivity index (χ4v) is 3.29. The normalized spacial score (nSPS) is 13.6. The molecule has 28 heavy (non-hydrogen) atoms. The van der Waals surface area contributed by atoms with Crippen molar-refractivity contribution in [1.29, 1.82) is 0 Å². The Morgan fingerprint density at radius 3 is 2.64 bits per heavy atom. The molecule has 8 heteroatoms. The van der Waals surface area contributed by atoms with E-state index in [0.29, 0.717) is 47.0 Å². The van der Waals surface area contributed by atoms with E-state index in [2.05, 4.69) is 32.9 Å². The zero-order valence-corrected chi connectivity index (χ0v) is 17.6. The van der Waals surface area contributed by atoms with Crippen molar-refractivity contribution in [3.8, 4) is 11.5 Å². The van der Waals surface area contributed by atoms with Gasteiger partial charge in [-0.1, -0.05) is 6.58 Å². The number of anilines is 1. The average Bonchev–Trinajstić information content (AvgIpc) is 3.11. The molecule has 2 aromatic rings. The quantitative estimate of drug-likeness (QED) is 0.531. The summed E-state index contributed by atoms with van der Waals surface area (Å²) in [7, 11) is 1.62. The fraction of sp³-hybridized carbons (Fsp3) is 0.300. The summed E-state index contributed by atoms with van der Waals surface area (Å²) in [6.45, 7) is 9.24. The number of amides is 1. The van der Waals surface area contributed by atoms with Gasteiger partial charge in [0.25, 0.3) is 5.91 Å². The Kier molecular flexibility index (Phi) is 6.08. The molecule has 3 rings (SSSR count). The summed E-state index contributed by atoms with van der Waals surface area (Å²) in [6, 6.07) is 3.41. The summed E-state index contributed by atoms with van der Waals surface area (Å²) in [4.78, 5) is 12.7. The summed E-state index contributed by atoms with van der Waals surface area (Å²) in [6.07, 6.45) is 3.36. The summed E-state index contributed by atoms with van der Waals surface area (Å²) < 4.78 is 18.7. The molecule has 0 saturated heterocycles. The van der Waals surface area contributed by atoms with Crippen molar-refractivity contribution in [2.45, 2.75) is 20.4 Å². The van der Waals surface area contributed by atoms with Crippen molar-refractivity contribution in [2.24, 2.45) is 0 Å². The van der Waals surface area contributed by atoms with Gasteiger partial charge in [-0.25, -0.2) is 0 Å². The lowest BCUT2D eigenvalue weighted by molar-refractivity contribution is 0.102. The van der Waals surface area contributed by atoms with E-state index in [0.717, 1.165) is 16.9 Å². The van der Waals surface area contributed by atoms with Crippen molar-refractivity contribution in [2.75, 3.05) is 25.6 Å². The second-order valence-electron chi connectivity index (χ2n) is 6.38. The molecule has 0 radical (unpaired) electrons. The summed E-state index contributed by atoms with van der Waals surface area (Å²) >= 11 is 3.42. The molecule has 7 nitrogen and oxygen atoms in total. The summed E-state index contributed by atoms with van der Waals surface area (Å²) in [5.41, 5.74) is 2.90. The highest BCUT2D eigenvalue weighted by Crippen LogP contribution is 2.35. The Labute approximate surface area is 172 Å². The number of carbonyl (C=O) groups is 1. The van der Waals surface area contributed by atoms with Crippen molar-refractivity contribution in [3.63, 3.8) is 0 Å². The molecule has 1 aliphatic rings. The first-order chi connectivity index (χ1) is 13.4. The van der Waals surface area contributed by atoms with Gasteiger partial charge in [-0.15, -0.1) is 0 Å². The topological polar surface area (TPSA) is 74.6 Å². The van der Waals surface area contributed by atoms with Gasteiger partial charge in [0.15, 0.2) is 11.5 Å². The van der Waals surface area contributed by atoms with E-state index in [4.69, 9.17) is 14.2 Å². The second kappa shape index (κ2) is 8.52. The maximum absolute atomic E-state index is 12.7. The maximum atomic E-state index is 12.7. The number of rotatable bonds is 6. The van der Waals surface area contributed by atoms with Crippen LogP contribution in [0.3, 0.4) is 0 Å². The Morgan fingerprint density at radius 1 is 1.32 bits per heavy atom. The largest absolute Gasteiger partial charge is 0.501 e.